The first-order valence-electron chi connectivity index (χ1n) is 9.44. The van der Waals surface area contributed by atoms with Gasteiger partial charge in [0.2, 0.25) is 6.79 Å². The molecule has 2 heterocycles. The molecule has 0 saturated carbocycles. The molecule has 0 spiro atoms. The number of carbonyl (C=O) groups excluding carboxylic acids is 3. The van der Waals surface area contributed by atoms with E-state index in [9.17, 15) is 14.4 Å². The van der Waals surface area contributed by atoms with E-state index < -0.39 is 18.5 Å². The van der Waals surface area contributed by atoms with Crippen LogP contribution in [0.15, 0.2) is 18.2 Å². The van der Waals surface area contributed by atoms with Crippen molar-refractivity contribution in [1.29, 1.82) is 0 Å². The molecule has 4 rings (SSSR count). The fourth-order valence-corrected chi connectivity index (χ4v) is 4.63. The van der Waals surface area contributed by atoms with Crippen molar-refractivity contribution in [2.24, 2.45) is 5.92 Å². The summed E-state index contributed by atoms with van der Waals surface area (Å²) >= 11 is 1.44. The van der Waals surface area contributed by atoms with Crippen molar-refractivity contribution in [2.45, 2.75) is 33.1 Å². The number of benzene rings is 1. The lowest BCUT2D eigenvalue weighted by molar-refractivity contribution is -0.119. The minimum Gasteiger partial charge on any atom is -0.454 e. The van der Waals surface area contributed by atoms with Crippen LogP contribution in [0, 0.1) is 5.92 Å². The Hall–Kier alpha value is -2.87. The Morgan fingerprint density at radius 3 is 2.72 bits per heavy atom. The summed E-state index contributed by atoms with van der Waals surface area (Å²) < 4.78 is 15.7. The number of amides is 1. The van der Waals surface area contributed by atoms with Crippen LogP contribution in [0.5, 0.6) is 11.5 Å². The number of rotatable bonds is 5. The lowest BCUT2D eigenvalue weighted by Gasteiger charge is -2.16. The first-order valence-corrected chi connectivity index (χ1v) is 10.3. The number of fused-ring (bicyclic) bond motifs is 2. The quantitative estimate of drug-likeness (QED) is 0.593. The molecule has 1 aromatic carbocycles. The molecule has 0 bridgehead atoms. The maximum atomic E-state index is 12.3. The van der Waals surface area contributed by atoms with Crippen LogP contribution in [0.1, 0.15) is 50.7 Å². The van der Waals surface area contributed by atoms with E-state index in [0.29, 0.717) is 33.5 Å². The molecule has 7 nitrogen and oxygen atoms in total. The summed E-state index contributed by atoms with van der Waals surface area (Å²) in [6.07, 6.45) is 3.07. The molecule has 1 amide bonds. The molecule has 0 fully saturated rings. The van der Waals surface area contributed by atoms with Crippen LogP contribution >= 0.6 is 11.3 Å². The minimum absolute atomic E-state index is 0.0608. The van der Waals surface area contributed by atoms with Gasteiger partial charge in [0.1, 0.15) is 4.88 Å². The normalized spacial score (nSPS) is 16.8. The van der Waals surface area contributed by atoms with Crippen LogP contribution in [0.25, 0.3) is 0 Å². The van der Waals surface area contributed by atoms with Gasteiger partial charge in [0.15, 0.2) is 23.9 Å². The van der Waals surface area contributed by atoms with Crippen LogP contribution in [-0.4, -0.2) is 31.1 Å². The topological polar surface area (TPSA) is 90.9 Å². The third-order valence-electron chi connectivity index (χ3n) is 5.03. The number of nitrogens with one attached hydrogen (secondary N) is 1. The van der Waals surface area contributed by atoms with Gasteiger partial charge in [-0.15, -0.1) is 11.3 Å². The second kappa shape index (κ2) is 7.87. The van der Waals surface area contributed by atoms with E-state index in [1.807, 2.05) is 6.07 Å². The molecule has 1 atom stereocenters. The molecule has 1 aliphatic heterocycles. The van der Waals surface area contributed by atoms with Gasteiger partial charge in [0.25, 0.3) is 5.91 Å². The van der Waals surface area contributed by atoms with Crippen LogP contribution in [0.4, 0.5) is 5.69 Å². The monoisotopic (exact) mass is 415 g/mol. The number of hydrogen-bond donors (Lipinski definition) is 1. The van der Waals surface area contributed by atoms with Crippen LogP contribution in [0.2, 0.25) is 0 Å². The highest BCUT2D eigenvalue weighted by molar-refractivity contribution is 7.14. The number of thiophene rings is 1. The van der Waals surface area contributed by atoms with Crippen molar-refractivity contribution in [3.05, 3.63) is 39.1 Å². The lowest BCUT2D eigenvalue weighted by Crippen LogP contribution is -2.21. The summed E-state index contributed by atoms with van der Waals surface area (Å²) in [5.74, 6) is 0.244. The third-order valence-corrected chi connectivity index (χ3v) is 6.25. The standard InChI is InChI=1S/C21H21NO6S/c1-11-3-4-18-13(5-11)6-19(29-18)21(25)26-9-20(24)22-15-8-17-16(27-10-28-17)7-14(15)12(2)23/h6-8,11H,3-5,9-10H2,1-2H3,(H,22,24)/t11-/m1/s1. The fraction of sp³-hybridized carbons (Fsp3) is 0.381. The summed E-state index contributed by atoms with van der Waals surface area (Å²) in [6, 6.07) is 4.94. The molecule has 0 saturated heterocycles. The fourth-order valence-electron chi connectivity index (χ4n) is 3.53. The van der Waals surface area contributed by atoms with Gasteiger partial charge in [-0.2, -0.15) is 0 Å². The van der Waals surface area contributed by atoms with Crippen LogP contribution < -0.4 is 14.8 Å². The molecule has 1 aromatic heterocycles. The first kappa shape index (κ1) is 19.4. The summed E-state index contributed by atoms with van der Waals surface area (Å²) in [6.45, 7) is 3.22. The number of hydrogen-bond acceptors (Lipinski definition) is 7. The summed E-state index contributed by atoms with van der Waals surface area (Å²) in [7, 11) is 0. The molecule has 2 aromatic rings. The zero-order chi connectivity index (χ0) is 20.5. The van der Waals surface area contributed by atoms with Gasteiger partial charge >= 0.3 is 5.97 Å². The largest absolute Gasteiger partial charge is 0.454 e. The van der Waals surface area contributed by atoms with Gasteiger partial charge in [0, 0.05) is 16.5 Å². The maximum absolute atomic E-state index is 12.3. The third kappa shape index (κ3) is 4.12. The van der Waals surface area contributed by atoms with E-state index in [2.05, 4.69) is 12.2 Å². The van der Waals surface area contributed by atoms with Crippen molar-refractivity contribution in [2.75, 3.05) is 18.7 Å². The molecule has 0 radical (unpaired) electrons. The van der Waals surface area contributed by atoms with Gasteiger partial charge in [0.05, 0.1) is 5.69 Å². The van der Waals surface area contributed by atoms with E-state index in [1.54, 1.807) is 0 Å². The SMILES string of the molecule is CC(=O)c1cc2c(cc1NC(=O)COC(=O)c1cc3c(s1)CC[C@@H](C)C3)OCO2. The van der Waals surface area contributed by atoms with Gasteiger partial charge < -0.3 is 19.5 Å². The Bertz CT molecular complexity index is 995. The second-order valence-electron chi connectivity index (χ2n) is 7.34. The van der Waals surface area contributed by atoms with Crippen molar-refractivity contribution >= 4 is 34.7 Å². The molecule has 1 aliphatic carbocycles. The maximum Gasteiger partial charge on any atom is 0.348 e. The highest BCUT2D eigenvalue weighted by atomic mass is 32.1. The predicted molar refractivity (Wildman–Crippen MR) is 107 cm³/mol. The zero-order valence-electron chi connectivity index (χ0n) is 16.2. The number of esters is 1. The van der Waals surface area contributed by atoms with E-state index in [1.165, 1.54) is 40.8 Å². The first-order chi connectivity index (χ1) is 13.9. The van der Waals surface area contributed by atoms with Crippen molar-refractivity contribution < 1.29 is 28.6 Å². The van der Waals surface area contributed by atoms with E-state index in [0.717, 1.165) is 19.3 Å². The zero-order valence-corrected chi connectivity index (χ0v) is 17.0. The Labute approximate surface area is 172 Å². The number of aryl methyl sites for hydroxylation is 1. The summed E-state index contributed by atoms with van der Waals surface area (Å²) in [5.41, 5.74) is 1.80. The molecular formula is C21H21NO6S. The lowest BCUT2D eigenvalue weighted by atomic mass is 9.90. The van der Waals surface area contributed by atoms with Crippen LogP contribution in [0.3, 0.4) is 0 Å². The number of ketones is 1. The molecule has 29 heavy (non-hydrogen) atoms. The van der Waals surface area contributed by atoms with Crippen molar-refractivity contribution in [1.82, 2.24) is 0 Å². The summed E-state index contributed by atoms with van der Waals surface area (Å²) in [5, 5.41) is 2.61. The van der Waals surface area contributed by atoms with Gasteiger partial charge in [-0.05, 0) is 49.8 Å². The van der Waals surface area contributed by atoms with E-state index in [-0.39, 0.29) is 12.6 Å². The highest BCUT2D eigenvalue weighted by Crippen LogP contribution is 2.37. The molecule has 2 aliphatic rings. The average molecular weight is 415 g/mol. The number of Topliss-reactive ketones (excluding diaryl/α,β-unsaturated/α-hetero) is 1. The summed E-state index contributed by atoms with van der Waals surface area (Å²) in [4.78, 5) is 38.3. The number of anilines is 1. The average Bonchev–Trinajstić information content (AvgIpc) is 3.31. The van der Waals surface area contributed by atoms with E-state index in [4.69, 9.17) is 14.2 Å². The second-order valence-corrected chi connectivity index (χ2v) is 8.48. The van der Waals surface area contributed by atoms with Gasteiger partial charge in [-0.3, -0.25) is 9.59 Å². The smallest absolute Gasteiger partial charge is 0.348 e. The van der Waals surface area contributed by atoms with Gasteiger partial charge in [-0.25, -0.2) is 4.79 Å². The van der Waals surface area contributed by atoms with E-state index >= 15 is 0 Å². The Morgan fingerprint density at radius 2 is 1.97 bits per heavy atom. The molecule has 8 heteroatoms. The Kier molecular flexibility index (Phi) is 5.27. The van der Waals surface area contributed by atoms with Crippen molar-refractivity contribution in [3.63, 3.8) is 0 Å². The predicted octanol–water partition coefficient (Wildman–Crippen LogP) is 3.60. The Morgan fingerprint density at radius 1 is 1.21 bits per heavy atom. The van der Waals surface area contributed by atoms with Gasteiger partial charge in [-0.1, -0.05) is 6.92 Å². The Balaban J connectivity index is 1.39. The number of carbonyl (C=O) groups is 3. The number of ether oxygens (including phenoxy) is 3. The molecule has 152 valence electrons. The molecular weight excluding hydrogens is 394 g/mol. The van der Waals surface area contributed by atoms with Crippen molar-refractivity contribution in [3.8, 4) is 11.5 Å². The molecule has 1 N–H and O–H groups in total. The highest BCUT2D eigenvalue weighted by Gasteiger charge is 2.23. The minimum atomic E-state index is -0.533. The van der Waals surface area contributed by atoms with Crippen LogP contribution in [-0.2, 0) is 22.4 Å². The molecule has 0 unspecified atom stereocenters.